The number of aldehydes is 1. The lowest BCUT2D eigenvalue weighted by atomic mass is 9.93. The molecule has 5 nitrogen and oxygen atoms in total. The maximum atomic E-state index is 11.7. The van der Waals surface area contributed by atoms with Gasteiger partial charge in [-0.2, -0.15) is 0 Å². The van der Waals surface area contributed by atoms with Gasteiger partial charge in [0.05, 0.1) is 10.2 Å². The third kappa shape index (κ3) is 3.36. The van der Waals surface area contributed by atoms with Gasteiger partial charge in [-0.15, -0.1) is 0 Å². The van der Waals surface area contributed by atoms with E-state index in [1.165, 1.54) is 11.3 Å². The second-order valence-electron chi connectivity index (χ2n) is 5.22. The molecule has 1 aromatic carbocycles. The van der Waals surface area contributed by atoms with Crippen molar-refractivity contribution in [3.8, 4) is 0 Å². The number of ether oxygens (including phenoxy) is 1. The number of aromatic nitrogens is 1. The minimum Gasteiger partial charge on any atom is -0.444 e. The number of nitrogens with one attached hydrogen (secondary N) is 1. The summed E-state index contributed by atoms with van der Waals surface area (Å²) < 4.78 is 5.88. The largest absolute Gasteiger partial charge is 0.444 e. The fraction of sp³-hybridized carbons (Fsp3) is 0.308. The van der Waals surface area contributed by atoms with Crippen LogP contribution in [0.2, 0.25) is 0 Å². The molecule has 0 aliphatic rings. The first-order valence-corrected chi connectivity index (χ1v) is 6.75. The van der Waals surface area contributed by atoms with Crippen LogP contribution in [0.15, 0.2) is 12.1 Å². The molecule has 0 bridgehead atoms. The molecule has 0 saturated carbocycles. The Balaban J connectivity index is 2.26. The van der Waals surface area contributed by atoms with E-state index in [9.17, 15) is 9.59 Å². The first-order chi connectivity index (χ1) is 9.28. The molecule has 1 heterocycles. The van der Waals surface area contributed by atoms with Crippen LogP contribution in [-0.2, 0) is 4.74 Å². The van der Waals surface area contributed by atoms with E-state index < -0.39 is 11.7 Å². The molecule has 2 rings (SSSR count). The summed E-state index contributed by atoms with van der Waals surface area (Å²) in [5.41, 5.74) is 0.858. The Morgan fingerprint density at radius 3 is 2.75 bits per heavy atom. The van der Waals surface area contributed by atoms with Crippen LogP contribution in [0.25, 0.3) is 10.2 Å². The van der Waals surface area contributed by atoms with Gasteiger partial charge in [0.2, 0.25) is 0 Å². The van der Waals surface area contributed by atoms with Crippen LogP contribution in [0.4, 0.5) is 9.93 Å². The Labute approximate surface area is 121 Å². The number of fused-ring (bicyclic) bond motifs is 1. The lowest BCUT2D eigenvalue weighted by Gasteiger charge is -2.18. The molecule has 1 amide bonds. The minimum absolute atomic E-state index is 0.379. The average molecular weight is 288 g/mol. The zero-order chi connectivity index (χ0) is 14.9. The first-order valence-electron chi connectivity index (χ1n) is 5.94. The van der Waals surface area contributed by atoms with E-state index >= 15 is 0 Å². The number of nitrogens with zero attached hydrogens (tertiary/aromatic N) is 1. The van der Waals surface area contributed by atoms with E-state index in [-0.39, 0.29) is 0 Å². The maximum absolute atomic E-state index is 11.7. The standard InChI is InChI=1S/C13H13BN2O3S/c1-13(2,3)19-12(18)16-11-15-10-8(14)4-7(6-17)5-9(10)20-11/h4-6H,1-3H3,(H,15,16,18). The molecule has 0 saturated heterocycles. The summed E-state index contributed by atoms with van der Waals surface area (Å²) >= 11 is 1.23. The average Bonchev–Trinajstić information content (AvgIpc) is 2.69. The van der Waals surface area contributed by atoms with Crippen molar-refractivity contribution in [3.05, 3.63) is 17.7 Å². The van der Waals surface area contributed by atoms with Gasteiger partial charge in [0, 0.05) is 5.56 Å². The molecule has 0 atom stereocenters. The third-order valence-corrected chi connectivity index (χ3v) is 3.21. The molecule has 1 N–H and O–H groups in total. The number of hydrogen-bond donors (Lipinski definition) is 1. The Morgan fingerprint density at radius 2 is 2.15 bits per heavy atom. The minimum atomic E-state index is -0.579. The highest BCUT2D eigenvalue weighted by Gasteiger charge is 2.17. The fourth-order valence-corrected chi connectivity index (χ4v) is 2.52. The molecule has 0 spiro atoms. The molecule has 2 radical (unpaired) electrons. The number of rotatable bonds is 2. The quantitative estimate of drug-likeness (QED) is 0.679. The first kappa shape index (κ1) is 14.5. The Bertz CT molecular complexity index is 676. The zero-order valence-corrected chi connectivity index (χ0v) is 12.2. The predicted octanol–water partition coefficient (Wildman–Crippen LogP) is 2.25. The van der Waals surface area contributed by atoms with Gasteiger partial charge in [0.25, 0.3) is 0 Å². The van der Waals surface area contributed by atoms with Gasteiger partial charge in [0.15, 0.2) is 5.13 Å². The van der Waals surface area contributed by atoms with E-state index in [0.717, 1.165) is 11.0 Å². The zero-order valence-electron chi connectivity index (χ0n) is 11.4. The highest BCUT2D eigenvalue weighted by atomic mass is 32.1. The van der Waals surface area contributed by atoms with Crippen molar-refractivity contribution in [2.24, 2.45) is 0 Å². The molecule has 0 unspecified atom stereocenters. The van der Waals surface area contributed by atoms with Crippen LogP contribution >= 0.6 is 11.3 Å². The summed E-state index contributed by atoms with van der Waals surface area (Å²) in [7, 11) is 5.82. The van der Waals surface area contributed by atoms with Gasteiger partial charge in [-0.1, -0.05) is 22.9 Å². The molecular weight excluding hydrogens is 275 g/mol. The van der Waals surface area contributed by atoms with Crippen molar-refractivity contribution in [2.45, 2.75) is 26.4 Å². The van der Waals surface area contributed by atoms with Crippen LogP contribution in [0.3, 0.4) is 0 Å². The highest BCUT2D eigenvalue weighted by Crippen LogP contribution is 2.25. The number of amides is 1. The van der Waals surface area contributed by atoms with Crippen molar-refractivity contribution in [1.29, 1.82) is 0 Å². The Kier molecular flexibility index (Phi) is 3.81. The molecule has 7 heteroatoms. The van der Waals surface area contributed by atoms with Crippen LogP contribution in [0.5, 0.6) is 0 Å². The summed E-state index contributed by atoms with van der Waals surface area (Å²) in [5.74, 6) is 0. The van der Waals surface area contributed by atoms with E-state index in [2.05, 4.69) is 10.3 Å². The summed E-state index contributed by atoms with van der Waals surface area (Å²) in [6.45, 7) is 5.33. The van der Waals surface area contributed by atoms with E-state index in [0.29, 0.717) is 21.7 Å². The Hall–Kier alpha value is -1.89. The fourth-order valence-electron chi connectivity index (χ4n) is 1.59. The molecule has 1 aromatic heterocycles. The molecular formula is C13H13BN2O3S. The van der Waals surface area contributed by atoms with E-state index in [1.54, 1.807) is 32.9 Å². The Morgan fingerprint density at radius 1 is 1.45 bits per heavy atom. The molecule has 2 aromatic rings. The topological polar surface area (TPSA) is 68.3 Å². The van der Waals surface area contributed by atoms with Gasteiger partial charge >= 0.3 is 6.09 Å². The normalized spacial score (nSPS) is 11.3. The SMILES string of the molecule is [B]c1cc(C=O)cc2sc(NC(=O)OC(C)(C)C)nc12. The number of hydrogen-bond acceptors (Lipinski definition) is 5. The molecule has 0 aliphatic carbocycles. The number of benzene rings is 1. The number of carbonyl (C=O) groups is 2. The third-order valence-electron chi connectivity index (χ3n) is 2.29. The van der Waals surface area contributed by atoms with Crippen LogP contribution < -0.4 is 10.8 Å². The van der Waals surface area contributed by atoms with Crippen LogP contribution in [-0.4, -0.2) is 30.8 Å². The maximum Gasteiger partial charge on any atom is 0.413 e. The van der Waals surface area contributed by atoms with Crippen molar-refractivity contribution < 1.29 is 14.3 Å². The monoisotopic (exact) mass is 288 g/mol. The second kappa shape index (κ2) is 5.24. The summed E-state index contributed by atoms with van der Waals surface area (Å²) in [5, 5.41) is 2.93. The van der Waals surface area contributed by atoms with Gasteiger partial charge < -0.3 is 4.74 Å². The van der Waals surface area contributed by atoms with Crippen molar-refractivity contribution >= 4 is 52.4 Å². The molecule has 0 aliphatic heterocycles. The summed E-state index contributed by atoms with van der Waals surface area (Å²) in [6.07, 6.45) is 0.141. The van der Waals surface area contributed by atoms with Crippen LogP contribution in [0.1, 0.15) is 31.1 Å². The molecule has 0 fully saturated rings. The highest BCUT2D eigenvalue weighted by molar-refractivity contribution is 7.22. The summed E-state index contributed by atoms with van der Waals surface area (Å²) in [4.78, 5) is 26.7. The lowest BCUT2D eigenvalue weighted by Crippen LogP contribution is -2.27. The second-order valence-corrected chi connectivity index (χ2v) is 6.25. The van der Waals surface area contributed by atoms with E-state index in [1.807, 2.05) is 0 Å². The predicted molar refractivity (Wildman–Crippen MR) is 80.3 cm³/mol. The van der Waals surface area contributed by atoms with Crippen LogP contribution in [0, 0.1) is 0 Å². The van der Waals surface area contributed by atoms with Gasteiger partial charge in [-0.25, -0.2) is 9.78 Å². The number of thiazole rings is 1. The molecule has 102 valence electrons. The van der Waals surface area contributed by atoms with Crippen molar-refractivity contribution in [1.82, 2.24) is 4.98 Å². The number of carbonyl (C=O) groups excluding carboxylic acids is 2. The molecule has 20 heavy (non-hydrogen) atoms. The smallest absolute Gasteiger partial charge is 0.413 e. The van der Waals surface area contributed by atoms with E-state index in [4.69, 9.17) is 12.6 Å². The number of anilines is 1. The van der Waals surface area contributed by atoms with Gasteiger partial charge in [-0.3, -0.25) is 10.1 Å². The van der Waals surface area contributed by atoms with Crippen molar-refractivity contribution in [2.75, 3.05) is 5.32 Å². The lowest BCUT2D eigenvalue weighted by molar-refractivity contribution is 0.0636. The summed E-state index contributed by atoms with van der Waals surface area (Å²) in [6, 6.07) is 3.23. The van der Waals surface area contributed by atoms with Gasteiger partial charge in [0.1, 0.15) is 19.7 Å². The van der Waals surface area contributed by atoms with Crippen molar-refractivity contribution in [3.63, 3.8) is 0 Å². The van der Waals surface area contributed by atoms with Gasteiger partial charge in [-0.05, 0) is 26.8 Å².